The van der Waals surface area contributed by atoms with Crippen LogP contribution >= 0.6 is 15.9 Å². The van der Waals surface area contributed by atoms with E-state index < -0.39 is 0 Å². The van der Waals surface area contributed by atoms with Gasteiger partial charge in [-0.15, -0.1) is 0 Å². The number of hydrogen-bond acceptors (Lipinski definition) is 4. The van der Waals surface area contributed by atoms with Gasteiger partial charge in [-0.3, -0.25) is 0 Å². The number of benzene rings is 1. The zero-order valence-corrected chi connectivity index (χ0v) is 19.0. The molecule has 2 aromatic heterocycles. The molecular formula is C23H26BrN5. The van der Waals surface area contributed by atoms with Crippen molar-refractivity contribution >= 4 is 32.8 Å². The van der Waals surface area contributed by atoms with Gasteiger partial charge in [-0.25, -0.2) is 9.97 Å². The number of aryl methyl sites for hydroxylation is 4. The molecule has 1 aliphatic heterocycles. The largest absolute Gasteiger partial charge is 0.356 e. The second-order valence-corrected chi connectivity index (χ2v) is 9.07. The van der Waals surface area contributed by atoms with Crippen LogP contribution in [0.4, 0.5) is 5.82 Å². The van der Waals surface area contributed by atoms with Crippen molar-refractivity contribution in [2.75, 3.05) is 18.0 Å². The summed E-state index contributed by atoms with van der Waals surface area (Å²) in [6.07, 6.45) is 4.93. The van der Waals surface area contributed by atoms with E-state index in [9.17, 15) is 0 Å². The van der Waals surface area contributed by atoms with Crippen LogP contribution in [0.3, 0.4) is 0 Å². The molecule has 0 bridgehead atoms. The van der Waals surface area contributed by atoms with Gasteiger partial charge < -0.3 is 9.47 Å². The first-order valence-electron chi connectivity index (χ1n) is 10.1. The zero-order valence-electron chi connectivity index (χ0n) is 17.5. The summed E-state index contributed by atoms with van der Waals surface area (Å²) in [6.45, 7) is 10.3. The Bertz CT molecular complexity index is 1090. The minimum atomic E-state index is 0.508. The molecule has 1 aliphatic rings. The van der Waals surface area contributed by atoms with Gasteiger partial charge in [0.1, 0.15) is 11.6 Å². The summed E-state index contributed by atoms with van der Waals surface area (Å²) in [7, 11) is 0. The highest BCUT2D eigenvalue weighted by atomic mass is 79.9. The maximum absolute atomic E-state index is 9.00. The van der Waals surface area contributed by atoms with Gasteiger partial charge >= 0.3 is 0 Å². The number of anilines is 1. The van der Waals surface area contributed by atoms with E-state index in [1.165, 1.54) is 22.4 Å². The number of aromatic nitrogens is 3. The molecule has 0 radical (unpaired) electrons. The van der Waals surface area contributed by atoms with Gasteiger partial charge in [0, 0.05) is 30.2 Å². The number of rotatable bonds is 3. The maximum Gasteiger partial charge on any atom is 0.150 e. The normalized spacial score (nSPS) is 15.1. The summed E-state index contributed by atoms with van der Waals surface area (Å²) in [6, 6.07) is 6.63. The molecule has 1 saturated heterocycles. The smallest absolute Gasteiger partial charge is 0.150 e. The van der Waals surface area contributed by atoms with Gasteiger partial charge in [-0.05, 0) is 75.3 Å². The molecule has 3 aromatic rings. The average molecular weight is 452 g/mol. The van der Waals surface area contributed by atoms with E-state index in [4.69, 9.17) is 15.2 Å². The minimum Gasteiger partial charge on any atom is -0.356 e. The molecule has 5 nitrogen and oxygen atoms in total. The molecule has 0 amide bonds. The van der Waals surface area contributed by atoms with Crippen LogP contribution in [0.1, 0.15) is 41.8 Å². The molecule has 4 rings (SSSR count). The van der Waals surface area contributed by atoms with Crippen molar-refractivity contribution in [1.29, 1.82) is 5.26 Å². The fourth-order valence-electron chi connectivity index (χ4n) is 4.55. The van der Waals surface area contributed by atoms with Gasteiger partial charge in [0.15, 0.2) is 5.65 Å². The number of nitriles is 1. The molecular weight excluding hydrogens is 426 g/mol. The Morgan fingerprint density at radius 1 is 1.07 bits per heavy atom. The van der Waals surface area contributed by atoms with Crippen molar-refractivity contribution in [2.24, 2.45) is 5.92 Å². The lowest BCUT2D eigenvalue weighted by Crippen LogP contribution is -2.34. The predicted molar refractivity (Wildman–Crippen MR) is 121 cm³/mol. The zero-order chi connectivity index (χ0) is 20.7. The lowest BCUT2D eigenvalue weighted by Gasteiger charge is -2.32. The molecule has 29 heavy (non-hydrogen) atoms. The van der Waals surface area contributed by atoms with E-state index >= 15 is 0 Å². The monoisotopic (exact) mass is 451 g/mol. The van der Waals surface area contributed by atoms with Crippen LogP contribution in [0.25, 0.3) is 16.7 Å². The highest BCUT2D eigenvalue weighted by Gasteiger charge is 2.24. The first-order chi connectivity index (χ1) is 13.9. The third-order valence-corrected chi connectivity index (χ3v) is 6.38. The standard InChI is InChI=1S/C23H26BrN5/c1-14-11-19(24)12-15(2)21(14)29-13-16(3)20-22(26-17(4)27-23(20)29)28-9-6-18(5-8-25)7-10-28/h11-13,18H,5-7,9-10H2,1-4H3. The van der Waals surface area contributed by atoms with Crippen molar-refractivity contribution in [1.82, 2.24) is 14.5 Å². The van der Waals surface area contributed by atoms with Crippen LogP contribution in [0, 0.1) is 44.9 Å². The molecule has 3 heterocycles. The number of piperidine rings is 1. The van der Waals surface area contributed by atoms with Crippen molar-refractivity contribution < 1.29 is 0 Å². The Morgan fingerprint density at radius 3 is 2.34 bits per heavy atom. The van der Waals surface area contributed by atoms with Crippen molar-refractivity contribution in [3.63, 3.8) is 0 Å². The first-order valence-corrected chi connectivity index (χ1v) is 10.9. The van der Waals surface area contributed by atoms with E-state index in [0.29, 0.717) is 12.3 Å². The first kappa shape index (κ1) is 19.9. The number of halogens is 1. The lowest BCUT2D eigenvalue weighted by molar-refractivity contribution is 0.411. The Hall–Kier alpha value is -2.39. The van der Waals surface area contributed by atoms with Crippen LogP contribution in [0.5, 0.6) is 0 Å². The number of nitrogens with zero attached hydrogens (tertiary/aromatic N) is 5. The van der Waals surface area contributed by atoms with Crippen LogP contribution in [-0.4, -0.2) is 27.6 Å². The SMILES string of the molecule is Cc1nc(N2CCC(CC#N)CC2)c2c(C)cn(-c3c(C)cc(Br)cc3C)c2n1. The van der Waals surface area contributed by atoms with E-state index in [0.717, 1.165) is 53.1 Å². The summed E-state index contributed by atoms with van der Waals surface area (Å²) in [5.41, 5.74) is 5.77. The van der Waals surface area contributed by atoms with Gasteiger partial charge in [-0.2, -0.15) is 5.26 Å². The summed E-state index contributed by atoms with van der Waals surface area (Å²) in [5.74, 6) is 2.33. The topological polar surface area (TPSA) is 57.7 Å². The van der Waals surface area contributed by atoms with Crippen molar-refractivity contribution in [2.45, 2.75) is 47.0 Å². The molecule has 0 spiro atoms. The number of hydrogen-bond donors (Lipinski definition) is 0. The summed E-state index contributed by atoms with van der Waals surface area (Å²) >= 11 is 3.60. The van der Waals surface area contributed by atoms with E-state index in [2.05, 4.69) is 70.6 Å². The molecule has 6 heteroatoms. The summed E-state index contributed by atoms with van der Waals surface area (Å²) in [5, 5.41) is 10.1. The minimum absolute atomic E-state index is 0.508. The highest BCUT2D eigenvalue weighted by molar-refractivity contribution is 9.10. The molecule has 1 fully saturated rings. The van der Waals surface area contributed by atoms with Gasteiger partial charge in [-0.1, -0.05) is 15.9 Å². The average Bonchev–Trinajstić information content (AvgIpc) is 2.97. The fourth-order valence-corrected chi connectivity index (χ4v) is 5.24. The van der Waals surface area contributed by atoms with Gasteiger partial charge in [0.2, 0.25) is 0 Å². The third-order valence-electron chi connectivity index (χ3n) is 5.92. The van der Waals surface area contributed by atoms with E-state index in [-0.39, 0.29) is 0 Å². The van der Waals surface area contributed by atoms with E-state index in [1.54, 1.807) is 0 Å². The number of fused-ring (bicyclic) bond motifs is 1. The second-order valence-electron chi connectivity index (χ2n) is 8.16. The van der Waals surface area contributed by atoms with E-state index in [1.807, 2.05) is 6.92 Å². The Morgan fingerprint density at radius 2 is 1.72 bits per heavy atom. The maximum atomic E-state index is 9.00. The van der Waals surface area contributed by atoms with Gasteiger partial charge in [0.05, 0.1) is 17.1 Å². The molecule has 0 saturated carbocycles. The Balaban J connectivity index is 1.83. The lowest BCUT2D eigenvalue weighted by atomic mass is 9.94. The highest BCUT2D eigenvalue weighted by Crippen LogP contribution is 2.35. The van der Waals surface area contributed by atoms with Crippen molar-refractivity contribution in [3.8, 4) is 11.8 Å². The third kappa shape index (κ3) is 3.64. The van der Waals surface area contributed by atoms with Crippen LogP contribution in [-0.2, 0) is 0 Å². The van der Waals surface area contributed by atoms with Crippen LogP contribution < -0.4 is 4.90 Å². The Labute approximate surface area is 180 Å². The molecule has 1 aromatic carbocycles. The molecule has 150 valence electrons. The molecule has 0 N–H and O–H groups in total. The van der Waals surface area contributed by atoms with Crippen LogP contribution in [0.2, 0.25) is 0 Å². The Kier molecular flexibility index (Phi) is 5.35. The summed E-state index contributed by atoms with van der Waals surface area (Å²) in [4.78, 5) is 12.1. The second kappa shape index (κ2) is 7.79. The molecule has 0 atom stereocenters. The fraction of sp³-hybridized carbons (Fsp3) is 0.435. The van der Waals surface area contributed by atoms with Gasteiger partial charge in [0.25, 0.3) is 0 Å². The summed E-state index contributed by atoms with van der Waals surface area (Å²) < 4.78 is 3.32. The molecule has 0 unspecified atom stereocenters. The van der Waals surface area contributed by atoms with Crippen LogP contribution in [0.15, 0.2) is 22.8 Å². The molecule has 0 aliphatic carbocycles. The van der Waals surface area contributed by atoms with Crippen molar-refractivity contribution in [3.05, 3.63) is 45.3 Å². The quantitative estimate of drug-likeness (QED) is 0.523. The predicted octanol–water partition coefficient (Wildman–Crippen LogP) is 5.55.